The molecular formula is C11H9F3N2O2. The van der Waals surface area contributed by atoms with Crippen LogP contribution in [0.3, 0.4) is 0 Å². The van der Waals surface area contributed by atoms with E-state index >= 15 is 0 Å². The number of benzene rings is 1. The van der Waals surface area contributed by atoms with Gasteiger partial charge in [-0.2, -0.15) is 13.2 Å². The van der Waals surface area contributed by atoms with Gasteiger partial charge in [0.05, 0.1) is 23.0 Å². The van der Waals surface area contributed by atoms with Crippen LogP contribution >= 0.6 is 0 Å². The van der Waals surface area contributed by atoms with Crippen molar-refractivity contribution in [2.45, 2.75) is 19.0 Å². The molecule has 0 amide bonds. The van der Waals surface area contributed by atoms with Crippen molar-refractivity contribution in [2.75, 3.05) is 0 Å². The SMILES string of the molecule is O=C(O)c1ccc2nc(CCC(F)(F)F)[nH]c2c1. The second kappa shape index (κ2) is 4.32. The summed E-state index contributed by atoms with van der Waals surface area (Å²) < 4.78 is 36.1. The summed E-state index contributed by atoms with van der Waals surface area (Å²) in [5, 5.41) is 8.78. The third-order valence-corrected chi connectivity index (χ3v) is 2.42. The fourth-order valence-corrected chi connectivity index (χ4v) is 1.57. The number of halogens is 3. The lowest BCUT2D eigenvalue weighted by molar-refractivity contribution is -0.134. The molecule has 0 spiro atoms. The van der Waals surface area contributed by atoms with E-state index in [-0.39, 0.29) is 17.8 Å². The van der Waals surface area contributed by atoms with Gasteiger partial charge in [0, 0.05) is 6.42 Å². The summed E-state index contributed by atoms with van der Waals surface area (Å²) in [5.41, 5.74) is 0.942. The van der Waals surface area contributed by atoms with Crippen molar-refractivity contribution in [1.82, 2.24) is 9.97 Å². The maximum atomic E-state index is 12.0. The van der Waals surface area contributed by atoms with E-state index in [4.69, 9.17) is 5.11 Å². The van der Waals surface area contributed by atoms with Gasteiger partial charge in [-0.3, -0.25) is 0 Å². The Morgan fingerprint density at radius 2 is 2.11 bits per heavy atom. The predicted octanol–water partition coefficient (Wildman–Crippen LogP) is 2.76. The lowest BCUT2D eigenvalue weighted by Gasteiger charge is -2.02. The minimum absolute atomic E-state index is 0.0634. The van der Waals surface area contributed by atoms with Crippen molar-refractivity contribution in [2.24, 2.45) is 0 Å². The number of aromatic carboxylic acids is 1. The molecule has 0 bridgehead atoms. The van der Waals surface area contributed by atoms with Crippen molar-refractivity contribution >= 4 is 17.0 Å². The fourth-order valence-electron chi connectivity index (χ4n) is 1.57. The summed E-state index contributed by atoms with van der Waals surface area (Å²) in [6.45, 7) is 0. The number of carboxylic acids is 1. The predicted molar refractivity (Wildman–Crippen MR) is 57.4 cm³/mol. The first-order chi connectivity index (χ1) is 8.35. The summed E-state index contributed by atoms with van der Waals surface area (Å²) in [6.07, 6.45) is -5.44. The van der Waals surface area contributed by atoms with Gasteiger partial charge in [0.25, 0.3) is 0 Å². The first-order valence-corrected chi connectivity index (χ1v) is 5.14. The normalized spacial score (nSPS) is 11.9. The Bertz CT molecular complexity index is 589. The van der Waals surface area contributed by atoms with Gasteiger partial charge >= 0.3 is 12.1 Å². The van der Waals surface area contributed by atoms with E-state index in [2.05, 4.69) is 9.97 Å². The number of imidazole rings is 1. The van der Waals surface area contributed by atoms with Crippen molar-refractivity contribution in [3.05, 3.63) is 29.6 Å². The lowest BCUT2D eigenvalue weighted by Crippen LogP contribution is -2.09. The number of alkyl halides is 3. The van der Waals surface area contributed by atoms with Crippen LogP contribution in [0.4, 0.5) is 13.2 Å². The van der Waals surface area contributed by atoms with Gasteiger partial charge in [0.15, 0.2) is 0 Å². The molecule has 1 heterocycles. The van der Waals surface area contributed by atoms with Crippen molar-refractivity contribution in [3.63, 3.8) is 0 Å². The molecule has 1 aromatic heterocycles. The van der Waals surface area contributed by atoms with Crippen LogP contribution < -0.4 is 0 Å². The molecule has 0 atom stereocenters. The van der Waals surface area contributed by atoms with Crippen molar-refractivity contribution < 1.29 is 23.1 Å². The molecule has 0 fully saturated rings. The molecule has 0 unspecified atom stereocenters. The molecule has 2 aromatic rings. The Kier molecular flexibility index (Phi) is 2.98. The minimum Gasteiger partial charge on any atom is -0.478 e. The smallest absolute Gasteiger partial charge is 0.389 e. The van der Waals surface area contributed by atoms with Crippen LogP contribution in [-0.4, -0.2) is 27.2 Å². The van der Waals surface area contributed by atoms with Crippen LogP contribution in [0.15, 0.2) is 18.2 Å². The first kappa shape index (κ1) is 12.4. The zero-order chi connectivity index (χ0) is 13.3. The van der Waals surface area contributed by atoms with Crippen LogP contribution in [-0.2, 0) is 6.42 Å². The van der Waals surface area contributed by atoms with Crippen LogP contribution in [0, 0.1) is 0 Å². The van der Waals surface area contributed by atoms with E-state index < -0.39 is 18.6 Å². The molecule has 0 radical (unpaired) electrons. The van der Waals surface area contributed by atoms with Gasteiger partial charge in [0.2, 0.25) is 0 Å². The molecule has 7 heteroatoms. The van der Waals surface area contributed by atoms with Crippen molar-refractivity contribution in [3.8, 4) is 0 Å². The van der Waals surface area contributed by atoms with Crippen LogP contribution in [0.2, 0.25) is 0 Å². The van der Waals surface area contributed by atoms with Crippen LogP contribution in [0.5, 0.6) is 0 Å². The van der Waals surface area contributed by atoms with E-state index in [1.165, 1.54) is 18.2 Å². The molecule has 4 nitrogen and oxygen atoms in total. The Labute approximate surface area is 99.5 Å². The maximum Gasteiger partial charge on any atom is 0.389 e. The highest BCUT2D eigenvalue weighted by atomic mass is 19.4. The molecule has 0 saturated heterocycles. The standard InChI is InChI=1S/C11H9F3N2O2/c12-11(13,14)4-3-9-15-7-2-1-6(10(17)18)5-8(7)16-9/h1-2,5H,3-4H2,(H,15,16)(H,17,18). The van der Waals surface area contributed by atoms with Gasteiger partial charge in [0.1, 0.15) is 5.82 Å². The highest BCUT2D eigenvalue weighted by molar-refractivity contribution is 5.92. The summed E-state index contributed by atoms with van der Waals surface area (Å²) in [4.78, 5) is 17.4. The number of hydrogen-bond donors (Lipinski definition) is 2. The quantitative estimate of drug-likeness (QED) is 0.889. The van der Waals surface area contributed by atoms with Crippen LogP contribution in [0.25, 0.3) is 11.0 Å². The van der Waals surface area contributed by atoms with Gasteiger partial charge in [-0.15, -0.1) is 0 Å². The zero-order valence-electron chi connectivity index (χ0n) is 9.08. The summed E-state index contributed by atoms with van der Waals surface area (Å²) in [6, 6.07) is 4.17. The molecule has 0 saturated carbocycles. The Morgan fingerprint density at radius 3 is 2.72 bits per heavy atom. The molecule has 96 valence electrons. The zero-order valence-corrected chi connectivity index (χ0v) is 9.08. The van der Waals surface area contributed by atoms with Gasteiger partial charge in [-0.25, -0.2) is 9.78 Å². The third-order valence-electron chi connectivity index (χ3n) is 2.42. The summed E-state index contributed by atoms with van der Waals surface area (Å²) in [7, 11) is 0. The minimum atomic E-state index is -4.23. The number of carboxylic acid groups (broad SMARTS) is 1. The largest absolute Gasteiger partial charge is 0.478 e. The molecule has 2 rings (SSSR count). The van der Waals surface area contributed by atoms with Gasteiger partial charge in [-0.05, 0) is 18.2 Å². The Hall–Kier alpha value is -2.05. The Balaban J connectivity index is 2.24. The van der Waals surface area contributed by atoms with E-state index in [1.807, 2.05) is 0 Å². The molecule has 0 aliphatic carbocycles. The highest BCUT2D eigenvalue weighted by Crippen LogP contribution is 2.22. The highest BCUT2D eigenvalue weighted by Gasteiger charge is 2.27. The van der Waals surface area contributed by atoms with E-state index in [1.54, 1.807) is 0 Å². The number of H-pyrrole nitrogens is 1. The number of nitrogens with one attached hydrogen (secondary N) is 1. The topological polar surface area (TPSA) is 66.0 Å². The van der Waals surface area contributed by atoms with Crippen LogP contribution in [0.1, 0.15) is 22.6 Å². The molecule has 2 N–H and O–H groups in total. The van der Waals surface area contributed by atoms with Gasteiger partial charge in [-0.1, -0.05) is 0 Å². The van der Waals surface area contributed by atoms with Crippen molar-refractivity contribution in [1.29, 1.82) is 0 Å². The number of carbonyl (C=O) groups is 1. The molecule has 0 aliphatic rings. The number of fused-ring (bicyclic) bond motifs is 1. The third kappa shape index (κ3) is 2.79. The first-order valence-electron chi connectivity index (χ1n) is 5.14. The van der Waals surface area contributed by atoms with E-state index in [0.717, 1.165) is 0 Å². The second-order valence-corrected chi connectivity index (χ2v) is 3.84. The molecule has 0 aliphatic heterocycles. The Morgan fingerprint density at radius 1 is 1.39 bits per heavy atom. The monoisotopic (exact) mass is 258 g/mol. The fraction of sp³-hybridized carbons (Fsp3) is 0.273. The lowest BCUT2D eigenvalue weighted by atomic mass is 10.2. The summed E-state index contributed by atoms with van der Waals surface area (Å²) in [5.74, 6) is -0.895. The average molecular weight is 258 g/mol. The van der Waals surface area contributed by atoms with Gasteiger partial charge < -0.3 is 10.1 Å². The maximum absolute atomic E-state index is 12.0. The number of hydrogen-bond acceptors (Lipinski definition) is 2. The number of aromatic amines is 1. The second-order valence-electron chi connectivity index (χ2n) is 3.84. The molecule has 1 aromatic carbocycles. The number of aryl methyl sites for hydroxylation is 1. The summed E-state index contributed by atoms with van der Waals surface area (Å²) >= 11 is 0. The number of nitrogens with zero attached hydrogens (tertiary/aromatic N) is 1. The number of aromatic nitrogens is 2. The number of rotatable bonds is 3. The van der Waals surface area contributed by atoms with E-state index in [9.17, 15) is 18.0 Å². The molecular weight excluding hydrogens is 249 g/mol. The van der Waals surface area contributed by atoms with E-state index in [0.29, 0.717) is 11.0 Å². The molecule has 18 heavy (non-hydrogen) atoms. The average Bonchev–Trinajstić information content (AvgIpc) is 2.66.